The number of carbonyl (C=O) groups excluding carboxylic acids is 2. The van der Waals surface area contributed by atoms with Gasteiger partial charge in [-0.25, -0.2) is 9.80 Å². The zero-order valence-electron chi connectivity index (χ0n) is 19.6. The summed E-state index contributed by atoms with van der Waals surface area (Å²) >= 11 is 0. The van der Waals surface area contributed by atoms with Crippen LogP contribution in [0.5, 0.6) is 5.75 Å². The largest absolute Gasteiger partial charge is 0.476 e. The van der Waals surface area contributed by atoms with Crippen molar-refractivity contribution in [3.8, 4) is 5.75 Å². The molecule has 2 aromatic rings. The van der Waals surface area contributed by atoms with E-state index in [1.165, 1.54) is 5.01 Å². The Labute approximate surface area is 190 Å². The Morgan fingerprint density at radius 3 is 2.31 bits per heavy atom. The Bertz CT molecular complexity index is 979. The summed E-state index contributed by atoms with van der Waals surface area (Å²) in [5.41, 5.74) is 1.21. The summed E-state index contributed by atoms with van der Waals surface area (Å²) in [7, 11) is 0. The van der Waals surface area contributed by atoms with Gasteiger partial charge in [0.2, 0.25) is 0 Å². The van der Waals surface area contributed by atoms with Gasteiger partial charge in [0.15, 0.2) is 5.60 Å². The molecule has 0 atom stereocenters. The van der Waals surface area contributed by atoms with Crippen molar-refractivity contribution < 1.29 is 19.1 Å². The highest BCUT2D eigenvalue weighted by Gasteiger charge is 2.43. The number of nitrogens with zero attached hydrogens (tertiary/aromatic N) is 2. The summed E-state index contributed by atoms with van der Waals surface area (Å²) in [6.07, 6.45) is 2.49. The summed E-state index contributed by atoms with van der Waals surface area (Å²) in [6.45, 7) is 9.37. The third-order valence-corrected chi connectivity index (χ3v) is 5.61. The molecule has 0 aromatic heterocycles. The van der Waals surface area contributed by atoms with Crippen LogP contribution >= 0.6 is 0 Å². The lowest BCUT2D eigenvalue weighted by atomic mass is 9.84. The zero-order valence-corrected chi connectivity index (χ0v) is 19.6. The van der Waals surface area contributed by atoms with Gasteiger partial charge in [-0.05, 0) is 83.7 Å². The van der Waals surface area contributed by atoms with Gasteiger partial charge in [0.25, 0.3) is 5.91 Å². The smallest absolute Gasteiger partial charge is 0.349 e. The highest BCUT2D eigenvalue weighted by Crippen LogP contribution is 2.34. The number of anilines is 1. The molecule has 0 bridgehead atoms. The van der Waals surface area contributed by atoms with Crippen LogP contribution in [0.3, 0.4) is 0 Å². The fourth-order valence-corrected chi connectivity index (χ4v) is 3.61. The van der Waals surface area contributed by atoms with Gasteiger partial charge in [-0.1, -0.05) is 30.3 Å². The SMILES string of the molecule is CCOC(=O)C(C)(C)Oc1ccc(CCCC2=NN(c3ccccc3)C(=O)C2(C)C)cc1. The maximum Gasteiger partial charge on any atom is 0.349 e. The average Bonchev–Trinajstić information content (AvgIpc) is 2.99. The molecule has 6 nitrogen and oxygen atoms in total. The van der Waals surface area contributed by atoms with Crippen molar-refractivity contribution in [2.45, 2.75) is 59.5 Å². The Balaban J connectivity index is 1.58. The quantitative estimate of drug-likeness (QED) is 0.509. The first-order chi connectivity index (χ1) is 15.1. The van der Waals surface area contributed by atoms with E-state index in [-0.39, 0.29) is 11.9 Å². The van der Waals surface area contributed by atoms with Gasteiger partial charge in [0.1, 0.15) is 5.75 Å². The summed E-state index contributed by atoms with van der Waals surface area (Å²) in [5.74, 6) is 0.241. The normalized spacial score (nSPS) is 15.5. The molecular weight excluding hydrogens is 404 g/mol. The van der Waals surface area contributed by atoms with Crippen LogP contribution in [0.1, 0.15) is 53.0 Å². The molecule has 0 saturated carbocycles. The molecule has 0 N–H and O–H groups in total. The van der Waals surface area contributed by atoms with E-state index in [2.05, 4.69) is 5.10 Å². The van der Waals surface area contributed by atoms with Crippen LogP contribution < -0.4 is 9.75 Å². The van der Waals surface area contributed by atoms with Crippen LogP contribution in [0.2, 0.25) is 0 Å². The molecule has 0 spiro atoms. The number of esters is 1. The molecule has 2 aromatic carbocycles. The second kappa shape index (κ2) is 9.55. The number of benzene rings is 2. The highest BCUT2D eigenvalue weighted by atomic mass is 16.6. The average molecular weight is 437 g/mol. The molecule has 0 fully saturated rings. The van der Waals surface area contributed by atoms with Crippen LogP contribution in [0.4, 0.5) is 5.69 Å². The molecule has 1 heterocycles. The van der Waals surface area contributed by atoms with Gasteiger partial charge in [-0.15, -0.1) is 0 Å². The first-order valence-electron chi connectivity index (χ1n) is 11.1. The number of hydrogen-bond acceptors (Lipinski definition) is 5. The van der Waals surface area contributed by atoms with E-state index in [1.54, 1.807) is 20.8 Å². The second-order valence-corrected chi connectivity index (χ2v) is 8.95. The predicted octanol–water partition coefficient (Wildman–Crippen LogP) is 5.16. The van der Waals surface area contributed by atoms with Gasteiger partial charge >= 0.3 is 5.97 Å². The first kappa shape index (κ1) is 23.5. The first-order valence-corrected chi connectivity index (χ1v) is 11.1. The molecule has 0 aliphatic carbocycles. The Morgan fingerprint density at radius 2 is 1.69 bits per heavy atom. The van der Waals surface area contributed by atoms with Crippen LogP contribution in [-0.2, 0) is 20.7 Å². The third-order valence-electron chi connectivity index (χ3n) is 5.61. The van der Waals surface area contributed by atoms with Crippen molar-refractivity contribution in [1.29, 1.82) is 0 Å². The van der Waals surface area contributed by atoms with Gasteiger partial charge in [-0.3, -0.25) is 4.79 Å². The molecule has 6 heteroatoms. The second-order valence-electron chi connectivity index (χ2n) is 8.95. The van der Waals surface area contributed by atoms with E-state index in [4.69, 9.17) is 9.47 Å². The van der Waals surface area contributed by atoms with Crippen LogP contribution in [0.25, 0.3) is 0 Å². The Hall–Kier alpha value is -3.15. The van der Waals surface area contributed by atoms with E-state index in [1.807, 2.05) is 68.4 Å². The fraction of sp³-hybridized carbons (Fsp3) is 0.423. The highest BCUT2D eigenvalue weighted by molar-refractivity contribution is 6.18. The number of hydrogen-bond donors (Lipinski definition) is 0. The molecule has 0 radical (unpaired) electrons. The van der Waals surface area contributed by atoms with Gasteiger partial charge in [0, 0.05) is 0 Å². The zero-order chi connectivity index (χ0) is 23.4. The van der Waals surface area contributed by atoms with Crippen molar-refractivity contribution in [2.24, 2.45) is 10.5 Å². The van der Waals surface area contributed by atoms with Crippen LogP contribution in [-0.4, -0.2) is 29.8 Å². The Kier molecular flexibility index (Phi) is 7.02. The summed E-state index contributed by atoms with van der Waals surface area (Å²) < 4.78 is 10.9. The summed E-state index contributed by atoms with van der Waals surface area (Å²) in [4.78, 5) is 24.9. The minimum atomic E-state index is -1.04. The van der Waals surface area contributed by atoms with Crippen molar-refractivity contribution in [2.75, 3.05) is 11.6 Å². The van der Waals surface area contributed by atoms with E-state index in [0.717, 1.165) is 36.2 Å². The van der Waals surface area contributed by atoms with E-state index < -0.39 is 11.0 Å². The molecular formula is C26H32N2O4. The fourth-order valence-electron chi connectivity index (χ4n) is 3.61. The van der Waals surface area contributed by atoms with Crippen molar-refractivity contribution >= 4 is 23.3 Å². The number of hydrazone groups is 1. The van der Waals surface area contributed by atoms with Crippen LogP contribution in [0.15, 0.2) is 59.7 Å². The predicted molar refractivity (Wildman–Crippen MR) is 126 cm³/mol. The topological polar surface area (TPSA) is 68.2 Å². The maximum atomic E-state index is 12.9. The van der Waals surface area contributed by atoms with E-state index in [0.29, 0.717) is 12.4 Å². The number of carbonyl (C=O) groups is 2. The molecule has 3 rings (SSSR count). The molecule has 170 valence electrons. The molecule has 0 unspecified atom stereocenters. The lowest BCUT2D eigenvalue weighted by molar-refractivity contribution is -0.158. The van der Waals surface area contributed by atoms with Gasteiger partial charge in [0.05, 0.1) is 23.4 Å². The number of aryl methyl sites for hydroxylation is 1. The standard InChI is InChI=1S/C26H32N2O4/c1-6-31-24(30)26(4,5)32-21-17-15-19(16-18-21)11-10-14-22-25(2,3)23(29)28(27-22)20-12-8-7-9-13-20/h7-9,12-13,15-18H,6,10-11,14H2,1-5H3. The molecule has 1 aliphatic rings. The summed E-state index contributed by atoms with van der Waals surface area (Å²) in [5, 5.41) is 6.17. The minimum Gasteiger partial charge on any atom is -0.476 e. The number of rotatable bonds is 9. The number of para-hydroxylation sites is 1. The van der Waals surface area contributed by atoms with Crippen molar-refractivity contribution in [3.63, 3.8) is 0 Å². The lowest BCUT2D eigenvalue weighted by Gasteiger charge is -2.24. The van der Waals surface area contributed by atoms with E-state index in [9.17, 15) is 9.59 Å². The third kappa shape index (κ3) is 5.18. The number of ether oxygens (including phenoxy) is 2. The maximum absolute atomic E-state index is 12.9. The molecule has 1 amide bonds. The monoisotopic (exact) mass is 436 g/mol. The van der Waals surface area contributed by atoms with E-state index >= 15 is 0 Å². The van der Waals surface area contributed by atoms with Gasteiger partial charge in [-0.2, -0.15) is 5.10 Å². The number of amides is 1. The van der Waals surface area contributed by atoms with Gasteiger partial charge < -0.3 is 9.47 Å². The Morgan fingerprint density at radius 1 is 1.03 bits per heavy atom. The molecule has 1 aliphatic heterocycles. The minimum absolute atomic E-state index is 0.00409. The van der Waals surface area contributed by atoms with Crippen molar-refractivity contribution in [3.05, 3.63) is 60.2 Å². The van der Waals surface area contributed by atoms with Crippen LogP contribution in [0, 0.1) is 5.41 Å². The summed E-state index contributed by atoms with van der Waals surface area (Å²) in [6, 6.07) is 17.3. The lowest BCUT2D eigenvalue weighted by Crippen LogP contribution is -2.39. The van der Waals surface area contributed by atoms with Crippen molar-refractivity contribution in [1.82, 2.24) is 0 Å². The molecule has 0 saturated heterocycles. The molecule has 32 heavy (non-hydrogen) atoms.